The number of hydrogen-bond acceptors (Lipinski definition) is 3. The topological polar surface area (TPSA) is 11.4 Å². The molecule has 0 saturated carbocycles. The fourth-order valence-corrected chi connectivity index (χ4v) is 12.8. The van der Waals surface area contributed by atoms with E-state index in [2.05, 4.69) is 287 Å². The van der Waals surface area contributed by atoms with Crippen molar-refractivity contribution in [3.05, 3.63) is 273 Å². The van der Waals surface area contributed by atoms with Gasteiger partial charge in [-0.05, 0) is 151 Å². The molecule has 0 radical (unpaired) electrons. The Kier molecular flexibility index (Phi) is 9.75. The van der Waals surface area contributed by atoms with Crippen LogP contribution in [0.4, 0.5) is 34.1 Å². The zero-order chi connectivity index (χ0) is 48.7. The molecule has 2 aromatic heterocycles. The van der Waals surface area contributed by atoms with Gasteiger partial charge in [-0.15, -0.1) is 11.3 Å². The molecule has 0 aliphatic heterocycles. The third-order valence-corrected chi connectivity index (χ3v) is 16.2. The normalized spacial score (nSPS) is 11.8. The van der Waals surface area contributed by atoms with Crippen LogP contribution in [-0.4, -0.2) is 4.57 Å². The molecule has 0 bridgehead atoms. The van der Waals surface area contributed by atoms with Crippen LogP contribution in [0.5, 0.6) is 0 Å². The minimum absolute atomic E-state index is 1.05. The van der Waals surface area contributed by atoms with Gasteiger partial charge in [0.2, 0.25) is 0 Å². The van der Waals surface area contributed by atoms with Gasteiger partial charge in [-0.3, -0.25) is 0 Å². The molecule has 0 N–H and O–H groups in total. The first kappa shape index (κ1) is 42.2. The maximum atomic E-state index is 2.47. The molecule has 15 aromatic rings. The second kappa shape index (κ2) is 17.1. The number of benzene rings is 13. The average molecular weight is 960 g/mol. The first-order valence-corrected chi connectivity index (χ1v) is 26.1. The van der Waals surface area contributed by atoms with Gasteiger partial charge in [-0.1, -0.05) is 176 Å². The molecule has 15 rings (SSSR count). The second-order valence-electron chi connectivity index (χ2n) is 19.4. The van der Waals surface area contributed by atoms with E-state index in [0.29, 0.717) is 0 Å². The molecule has 0 atom stereocenters. The molecule has 346 valence electrons. The molecule has 0 aliphatic rings. The number of aromatic nitrogens is 1. The lowest BCUT2D eigenvalue weighted by molar-refractivity contribution is 1.18. The summed E-state index contributed by atoms with van der Waals surface area (Å²) in [6.45, 7) is 0. The smallest absolute Gasteiger partial charge is 0.0555 e. The van der Waals surface area contributed by atoms with Gasteiger partial charge in [0.15, 0.2) is 0 Å². The molecule has 4 heteroatoms. The predicted octanol–water partition coefficient (Wildman–Crippen LogP) is 20.4. The van der Waals surface area contributed by atoms with Gasteiger partial charge < -0.3 is 14.4 Å². The average Bonchev–Trinajstić information content (AvgIpc) is 4.05. The zero-order valence-electron chi connectivity index (χ0n) is 40.2. The number of anilines is 6. The summed E-state index contributed by atoms with van der Waals surface area (Å²) < 4.78 is 5.10. The van der Waals surface area contributed by atoms with Gasteiger partial charge in [-0.25, -0.2) is 0 Å². The molecule has 0 aliphatic carbocycles. The van der Waals surface area contributed by atoms with Gasteiger partial charge in [0.25, 0.3) is 0 Å². The SMILES string of the molecule is c1ccc(-n2c3cc(-c4cc(N(c5ccc6ccccc6c5)c5ccc6ccccc6c5)cc(N(c5ccc6ccccc6c5)c5ccc6ccccc6c5)c4)ccc3c3c4sc5ccccc5c4ccc32)cc1. The Morgan fingerprint density at radius 1 is 0.270 bits per heavy atom. The highest BCUT2D eigenvalue weighted by molar-refractivity contribution is 7.26. The van der Waals surface area contributed by atoms with Gasteiger partial charge >= 0.3 is 0 Å². The van der Waals surface area contributed by atoms with E-state index in [9.17, 15) is 0 Å². The van der Waals surface area contributed by atoms with Crippen LogP contribution in [0, 0.1) is 0 Å². The maximum Gasteiger partial charge on any atom is 0.0555 e. The lowest BCUT2D eigenvalue weighted by Crippen LogP contribution is -2.14. The van der Waals surface area contributed by atoms with Crippen LogP contribution >= 0.6 is 11.3 Å². The first-order chi connectivity index (χ1) is 36.6. The van der Waals surface area contributed by atoms with Gasteiger partial charge in [0.1, 0.15) is 0 Å². The summed E-state index contributed by atoms with van der Waals surface area (Å²) in [7, 11) is 0. The number of hydrogen-bond donors (Lipinski definition) is 0. The first-order valence-electron chi connectivity index (χ1n) is 25.3. The van der Waals surface area contributed by atoms with E-state index < -0.39 is 0 Å². The highest BCUT2D eigenvalue weighted by atomic mass is 32.1. The fraction of sp³-hybridized carbons (Fsp3) is 0. The van der Waals surface area contributed by atoms with E-state index in [1.807, 2.05) is 11.3 Å². The van der Waals surface area contributed by atoms with E-state index in [1.54, 1.807) is 0 Å². The second-order valence-corrected chi connectivity index (χ2v) is 20.4. The standard InChI is InChI=1S/C70H45N3S/c1-2-22-56(23-3-1)73-66-37-36-64-63-24-12-13-25-68(63)74-70(64)69(66)65-35-30-54(44-67(65)73)55-42-61(71(57-31-26-46-14-4-8-18-50(46)38-57)58-32-27-47-15-5-9-19-51(47)39-58)45-62(43-55)72(59-33-28-48-16-6-10-20-52(48)40-59)60-34-29-49-17-7-11-21-53(49)41-60/h1-45H. The fourth-order valence-electron chi connectivity index (χ4n) is 11.5. The van der Waals surface area contributed by atoms with Crippen molar-refractivity contribution < 1.29 is 0 Å². The minimum Gasteiger partial charge on any atom is -0.310 e. The van der Waals surface area contributed by atoms with Crippen molar-refractivity contribution in [3.63, 3.8) is 0 Å². The van der Waals surface area contributed by atoms with Crippen molar-refractivity contribution in [1.29, 1.82) is 0 Å². The molecule has 0 amide bonds. The van der Waals surface area contributed by atoms with E-state index in [4.69, 9.17) is 0 Å². The molecule has 13 aromatic carbocycles. The largest absolute Gasteiger partial charge is 0.310 e. The van der Waals surface area contributed by atoms with Crippen molar-refractivity contribution in [1.82, 2.24) is 4.57 Å². The molecule has 0 unspecified atom stereocenters. The van der Waals surface area contributed by atoms with Crippen LogP contribution in [0.2, 0.25) is 0 Å². The van der Waals surface area contributed by atoms with Gasteiger partial charge in [0, 0.05) is 70.8 Å². The van der Waals surface area contributed by atoms with Gasteiger partial charge in [0.05, 0.1) is 11.0 Å². The molecule has 74 heavy (non-hydrogen) atoms. The van der Waals surface area contributed by atoms with Crippen LogP contribution in [-0.2, 0) is 0 Å². The van der Waals surface area contributed by atoms with E-state index in [0.717, 1.165) is 50.9 Å². The summed E-state index contributed by atoms with van der Waals surface area (Å²) in [6, 6.07) is 101. The molecule has 0 fully saturated rings. The van der Waals surface area contributed by atoms with E-state index in [-0.39, 0.29) is 0 Å². The molecule has 2 heterocycles. The summed E-state index contributed by atoms with van der Waals surface area (Å²) in [5, 5.41) is 14.7. The summed E-state index contributed by atoms with van der Waals surface area (Å²) >= 11 is 1.89. The number of para-hydroxylation sites is 1. The van der Waals surface area contributed by atoms with Crippen molar-refractivity contribution in [2.75, 3.05) is 9.80 Å². The summed E-state index contributed by atoms with van der Waals surface area (Å²) in [6.07, 6.45) is 0. The highest BCUT2D eigenvalue weighted by Crippen LogP contribution is 2.48. The molecule has 0 saturated heterocycles. The van der Waals surface area contributed by atoms with Gasteiger partial charge in [-0.2, -0.15) is 0 Å². The Labute approximate surface area is 432 Å². The van der Waals surface area contributed by atoms with Crippen LogP contribution < -0.4 is 9.80 Å². The van der Waals surface area contributed by atoms with Crippen molar-refractivity contribution in [3.8, 4) is 16.8 Å². The lowest BCUT2D eigenvalue weighted by atomic mass is 9.99. The summed E-state index contributed by atoms with van der Waals surface area (Å²) in [5.41, 5.74) is 12.2. The summed E-state index contributed by atoms with van der Waals surface area (Å²) in [4.78, 5) is 4.89. The highest BCUT2D eigenvalue weighted by Gasteiger charge is 2.23. The van der Waals surface area contributed by atoms with E-state index >= 15 is 0 Å². The van der Waals surface area contributed by atoms with Crippen LogP contribution in [0.3, 0.4) is 0 Å². The monoisotopic (exact) mass is 959 g/mol. The quantitative estimate of drug-likeness (QED) is 0.150. The number of fused-ring (bicyclic) bond motifs is 11. The third kappa shape index (κ3) is 7.03. The predicted molar refractivity (Wildman–Crippen MR) is 318 cm³/mol. The Morgan fingerprint density at radius 2 is 0.716 bits per heavy atom. The third-order valence-electron chi connectivity index (χ3n) is 15.0. The minimum atomic E-state index is 1.05. The summed E-state index contributed by atoms with van der Waals surface area (Å²) in [5.74, 6) is 0. The number of nitrogens with zero attached hydrogens (tertiary/aromatic N) is 3. The molecule has 0 spiro atoms. The van der Waals surface area contributed by atoms with Crippen LogP contribution in [0.1, 0.15) is 0 Å². The maximum absolute atomic E-state index is 2.47. The number of rotatable bonds is 8. The van der Waals surface area contributed by atoms with Crippen LogP contribution in [0.15, 0.2) is 273 Å². The Morgan fingerprint density at radius 3 is 1.23 bits per heavy atom. The Bertz CT molecular complexity index is 4360. The molecular weight excluding hydrogens is 915 g/mol. The van der Waals surface area contributed by atoms with Crippen molar-refractivity contribution in [2.45, 2.75) is 0 Å². The van der Waals surface area contributed by atoms with E-state index in [1.165, 1.54) is 85.1 Å². The Hall–Kier alpha value is -9.48. The number of thiophene rings is 1. The lowest BCUT2D eigenvalue weighted by Gasteiger charge is -2.31. The molecular formula is C70H45N3S. The molecule has 3 nitrogen and oxygen atoms in total. The van der Waals surface area contributed by atoms with Crippen molar-refractivity contribution >= 4 is 131 Å². The van der Waals surface area contributed by atoms with Crippen LogP contribution in [0.25, 0.3) is 102 Å². The Balaban J connectivity index is 1.03. The van der Waals surface area contributed by atoms with Crippen molar-refractivity contribution in [2.24, 2.45) is 0 Å². The zero-order valence-corrected chi connectivity index (χ0v) is 41.0.